The van der Waals surface area contributed by atoms with Gasteiger partial charge in [-0.1, -0.05) is 40.5 Å². The van der Waals surface area contributed by atoms with Crippen LogP contribution >= 0.6 is 15.9 Å². The fourth-order valence-electron chi connectivity index (χ4n) is 2.83. The maximum absolute atomic E-state index is 13.6. The standard InChI is InChI=1S/C18H21BrFN/c1-5-21-18(15-8-11(2)6-7-16(15)19)17-12(3)9-14(20)10-13(17)4/h6-10,18,21H,5H2,1-4H3. The summed E-state index contributed by atoms with van der Waals surface area (Å²) in [6.07, 6.45) is 0. The Morgan fingerprint density at radius 2 is 1.71 bits per heavy atom. The quantitative estimate of drug-likeness (QED) is 0.798. The van der Waals surface area contributed by atoms with Crippen LogP contribution in [0.1, 0.15) is 40.8 Å². The molecule has 0 aliphatic heterocycles. The zero-order valence-electron chi connectivity index (χ0n) is 12.9. The van der Waals surface area contributed by atoms with Gasteiger partial charge in [-0.3, -0.25) is 0 Å². The number of aryl methyl sites for hydroxylation is 3. The lowest BCUT2D eigenvalue weighted by Gasteiger charge is -2.24. The Bertz CT molecular complexity index is 629. The van der Waals surface area contributed by atoms with Gasteiger partial charge in [-0.05, 0) is 67.8 Å². The van der Waals surface area contributed by atoms with Gasteiger partial charge in [0.1, 0.15) is 5.82 Å². The summed E-state index contributed by atoms with van der Waals surface area (Å²) in [6, 6.07) is 9.61. The van der Waals surface area contributed by atoms with E-state index in [2.05, 4.69) is 53.3 Å². The van der Waals surface area contributed by atoms with Crippen LogP contribution in [-0.4, -0.2) is 6.54 Å². The molecule has 0 saturated heterocycles. The summed E-state index contributed by atoms with van der Waals surface area (Å²) >= 11 is 3.65. The summed E-state index contributed by atoms with van der Waals surface area (Å²) in [5.74, 6) is -0.174. The van der Waals surface area contributed by atoms with E-state index in [4.69, 9.17) is 0 Å². The second kappa shape index (κ2) is 6.71. The summed E-state index contributed by atoms with van der Waals surface area (Å²) in [4.78, 5) is 0. The molecule has 1 N–H and O–H groups in total. The Hall–Kier alpha value is -1.19. The van der Waals surface area contributed by atoms with Crippen molar-refractivity contribution in [1.82, 2.24) is 5.32 Å². The number of benzene rings is 2. The SMILES string of the molecule is CCNC(c1cc(C)ccc1Br)c1c(C)cc(F)cc1C. The normalized spacial score (nSPS) is 12.5. The molecule has 2 aromatic rings. The van der Waals surface area contributed by atoms with Crippen molar-refractivity contribution in [3.8, 4) is 0 Å². The van der Waals surface area contributed by atoms with Crippen LogP contribution in [0.2, 0.25) is 0 Å². The van der Waals surface area contributed by atoms with Gasteiger partial charge in [0.2, 0.25) is 0 Å². The topological polar surface area (TPSA) is 12.0 Å². The van der Waals surface area contributed by atoms with E-state index in [0.717, 1.165) is 27.7 Å². The first kappa shape index (κ1) is 16.2. The minimum Gasteiger partial charge on any atom is -0.306 e. The molecule has 0 aliphatic rings. The van der Waals surface area contributed by atoms with Crippen LogP contribution in [0, 0.1) is 26.6 Å². The molecule has 0 aromatic heterocycles. The van der Waals surface area contributed by atoms with Crippen LogP contribution in [-0.2, 0) is 0 Å². The molecule has 0 heterocycles. The van der Waals surface area contributed by atoms with Gasteiger partial charge in [-0.15, -0.1) is 0 Å². The Balaban J connectivity index is 2.61. The molecule has 1 unspecified atom stereocenters. The van der Waals surface area contributed by atoms with Crippen molar-refractivity contribution >= 4 is 15.9 Å². The first-order valence-corrected chi connectivity index (χ1v) is 7.99. The zero-order chi connectivity index (χ0) is 15.6. The van der Waals surface area contributed by atoms with Crippen LogP contribution < -0.4 is 5.32 Å². The van der Waals surface area contributed by atoms with Crippen LogP contribution in [0.4, 0.5) is 4.39 Å². The van der Waals surface area contributed by atoms with Gasteiger partial charge in [-0.25, -0.2) is 4.39 Å². The number of hydrogen-bond donors (Lipinski definition) is 1. The molecule has 0 spiro atoms. The molecule has 1 atom stereocenters. The maximum Gasteiger partial charge on any atom is 0.123 e. The highest BCUT2D eigenvalue weighted by molar-refractivity contribution is 9.10. The van der Waals surface area contributed by atoms with E-state index in [9.17, 15) is 4.39 Å². The Labute approximate surface area is 134 Å². The van der Waals surface area contributed by atoms with E-state index in [0.29, 0.717) is 0 Å². The Morgan fingerprint density at radius 3 is 2.29 bits per heavy atom. The number of nitrogens with one attached hydrogen (secondary N) is 1. The summed E-state index contributed by atoms with van der Waals surface area (Å²) in [5, 5.41) is 3.53. The van der Waals surface area contributed by atoms with E-state index in [1.807, 2.05) is 13.8 Å². The van der Waals surface area contributed by atoms with E-state index < -0.39 is 0 Å². The lowest BCUT2D eigenvalue weighted by molar-refractivity contribution is 0.605. The summed E-state index contributed by atoms with van der Waals surface area (Å²) in [5.41, 5.74) is 5.52. The monoisotopic (exact) mass is 349 g/mol. The molecule has 0 saturated carbocycles. The largest absolute Gasteiger partial charge is 0.306 e. The molecule has 0 amide bonds. The number of halogens is 2. The smallest absolute Gasteiger partial charge is 0.123 e. The first-order chi connectivity index (χ1) is 9.93. The van der Waals surface area contributed by atoms with E-state index >= 15 is 0 Å². The van der Waals surface area contributed by atoms with Crippen molar-refractivity contribution < 1.29 is 4.39 Å². The zero-order valence-corrected chi connectivity index (χ0v) is 14.5. The molecule has 0 radical (unpaired) electrons. The first-order valence-electron chi connectivity index (χ1n) is 7.20. The fraction of sp³-hybridized carbons (Fsp3) is 0.333. The molecule has 0 aliphatic carbocycles. The minimum absolute atomic E-state index is 0.0601. The lowest BCUT2D eigenvalue weighted by atomic mass is 9.90. The average molecular weight is 350 g/mol. The highest BCUT2D eigenvalue weighted by atomic mass is 79.9. The summed E-state index contributed by atoms with van der Waals surface area (Å²) in [7, 11) is 0. The summed E-state index contributed by atoms with van der Waals surface area (Å²) in [6.45, 7) is 8.97. The minimum atomic E-state index is -0.174. The molecule has 3 heteroatoms. The van der Waals surface area contributed by atoms with Crippen LogP contribution in [0.15, 0.2) is 34.8 Å². The molecule has 2 aromatic carbocycles. The summed E-state index contributed by atoms with van der Waals surface area (Å²) < 4.78 is 14.6. The van der Waals surface area contributed by atoms with Crippen molar-refractivity contribution in [3.63, 3.8) is 0 Å². The Kier molecular flexibility index (Phi) is 5.17. The van der Waals surface area contributed by atoms with Gasteiger partial charge in [0.25, 0.3) is 0 Å². The third-order valence-corrected chi connectivity index (χ3v) is 4.44. The van der Waals surface area contributed by atoms with E-state index in [-0.39, 0.29) is 11.9 Å². The van der Waals surface area contributed by atoms with Crippen LogP contribution in [0.5, 0.6) is 0 Å². The highest BCUT2D eigenvalue weighted by Gasteiger charge is 2.20. The molecule has 112 valence electrons. The number of hydrogen-bond acceptors (Lipinski definition) is 1. The van der Waals surface area contributed by atoms with E-state index in [1.165, 1.54) is 11.1 Å². The van der Waals surface area contributed by atoms with Crippen molar-refractivity contribution in [2.75, 3.05) is 6.54 Å². The van der Waals surface area contributed by atoms with Gasteiger partial charge >= 0.3 is 0 Å². The van der Waals surface area contributed by atoms with Gasteiger partial charge in [0, 0.05) is 4.47 Å². The molecule has 1 nitrogen and oxygen atoms in total. The predicted molar refractivity (Wildman–Crippen MR) is 90.3 cm³/mol. The molecule has 21 heavy (non-hydrogen) atoms. The van der Waals surface area contributed by atoms with Crippen molar-refractivity contribution in [3.05, 3.63) is 68.4 Å². The van der Waals surface area contributed by atoms with E-state index in [1.54, 1.807) is 12.1 Å². The van der Waals surface area contributed by atoms with Crippen molar-refractivity contribution in [2.45, 2.75) is 33.7 Å². The Morgan fingerprint density at radius 1 is 1.10 bits per heavy atom. The molecule has 0 bridgehead atoms. The highest BCUT2D eigenvalue weighted by Crippen LogP contribution is 2.33. The average Bonchev–Trinajstić information content (AvgIpc) is 2.39. The molecular formula is C18H21BrFN. The van der Waals surface area contributed by atoms with Gasteiger partial charge < -0.3 is 5.32 Å². The van der Waals surface area contributed by atoms with Gasteiger partial charge in [0.05, 0.1) is 6.04 Å². The van der Waals surface area contributed by atoms with Crippen LogP contribution in [0.25, 0.3) is 0 Å². The van der Waals surface area contributed by atoms with Gasteiger partial charge in [-0.2, -0.15) is 0 Å². The molecule has 0 fully saturated rings. The molecular weight excluding hydrogens is 329 g/mol. The van der Waals surface area contributed by atoms with Crippen molar-refractivity contribution in [1.29, 1.82) is 0 Å². The van der Waals surface area contributed by atoms with Gasteiger partial charge in [0.15, 0.2) is 0 Å². The predicted octanol–water partition coefficient (Wildman–Crippen LogP) is 5.21. The maximum atomic E-state index is 13.6. The third kappa shape index (κ3) is 3.53. The second-order valence-electron chi connectivity index (χ2n) is 5.47. The second-order valence-corrected chi connectivity index (χ2v) is 6.32. The van der Waals surface area contributed by atoms with Crippen LogP contribution in [0.3, 0.4) is 0 Å². The number of rotatable bonds is 4. The van der Waals surface area contributed by atoms with Crippen molar-refractivity contribution in [2.24, 2.45) is 0 Å². The lowest BCUT2D eigenvalue weighted by Crippen LogP contribution is -2.24. The third-order valence-electron chi connectivity index (χ3n) is 3.72. The fourth-order valence-corrected chi connectivity index (χ4v) is 3.31. The molecule has 2 rings (SSSR count).